The Morgan fingerprint density at radius 1 is 1.14 bits per heavy atom. The minimum Gasteiger partial charge on any atom is -0.345 e. The summed E-state index contributed by atoms with van der Waals surface area (Å²) in [5.41, 5.74) is 0. The van der Waals surface area contributed by atoms with Gasteiger partial charge in [0.1, 0.15) is 0 Å². The number of hydrogen-bond acceptors (Lipinski definition) is 4. The normalized spacial score (nSPS) is 25.4. The summed E-state index contributed by atoms with van der Waals surface area (Å²) < 4.78 is 0. The predicted molar refractivity (Wildman–Crippen MR) is 87.7 cm³/mol. The quantitative estimate of drug-likeness (QED) is 0.803. The van der Waals surface area contributed by atoms with Crippen LogP contribution in [0.2, 0.25) is 0 Å². The van der Waals surface area contributed by atoms with E-state index >= 15 is 0 Å². The zero-order chi connectivity index (χ0) is 16.1. The first-order chi connectivity index (χ1) is 10.5. The van der Waals surface area contributed by atoms with Gasteiger partial charge >= 0.3 is 0 Å². The molecule has 0 aliphatic carbocycles. The van der Waals surface area contributed by atoms with Gasteiger partial charge in [-0.1, -0.05) is 13.8 Å². The molecule has 0 aromatic rings. The Morgan fingerprint density at radius 3 is 2.41 bits per heavy atom. The highest BCUT2D eigenvalue weighted by atomic mass is 16.2. The Labute approximate surface area is 134 Å². The highest BCUT2D eigenvalue weighted by molar-refractivity contribution is 5.88. The van der Waals surface area contributed by atoms with Crippen LogP contribution in [0.1, 0.15) is 46.5 Å². The van der Waals surface area contributed by atoms with Crippen LogP contribution in [0.3, 0.4) is 0 Å². The lowest BCUT2D eigenvalue weighted by Crippen LogP contribution is -2.52. The summed E-state index contributed by atoms with van der Waals surface area (Å²) in [7, 11) is 0. The SMILES string of the molecule is CC(=O)[C@@H](NC(=O)CN1CCC[C@H](N2CCCC2)C1)C(C)C. The van der Waals surface area contributed by atoms with Gasteiger partial charge in [0.05, 0.1) is 12.6 Å². The summed E-state index contributed by atoms with van der Waals surface area (Å²) in [6.45, 7) is 10.3. The van der Waals surface area contributed by atoms with Crippen LogP contribution in [-0.2, 0) is 9.59 Å². The fourth-order valence-corrected chi connectivity index (χ4v) is 3.74. The number of Topliss-reactive ketones (excluding diaryl/α,β-unsaturated/α-hetero) is 1. The van der Waals surface area contributed by atoms with E-state index in [2.05, 4.69) is 15.1 Å². The lowest BCUT2D eigenvalue weighted by molar-refractivity contribution is -0.128. The monoisotopic (exact) mass is 309 g/mol. The van der Waals surface area contributed by atoms with Crippen LogP contribution >= 0.6 is 0 Å². The van der Waals surface area contributed by atoms with E-state index in [0.29, 0.717) is 12.6 Å². The molecule has 0 radical (unpaired) electrons. The number of likely N-dealkylation sites (tertiary alicyclic amines) is 2. The van der Waals surface area contributed by atoms with E-state index in [1.54, 1.807) is 6.92 Å². The predicted octanol–water partition coefficient (Wildman–Crippen LogP) is 1.28. The van der Waals surface area contributed by atoms with Gasteiger partial charge in [-0.15, -0.1) is 0 Å². The minimum absolute atomic E-state index is 0.0176. The van der Waals surface area contributed by atoms with Crippen molar-refractivity contribution >= 4 is 11.7 Å². The third kappa shape index (κ3) is 4.78. The van der Waals surface area contributed by atoms with Crippen molar-refractivity contribution in [3.05, 3.63) is 0 Å². The van der Waals surface area contributed by atoms with Crippen molar-refractivity contribution in [2.45, 2.75) is 58.5 Å². The topological polar surface area (TPSA) is 52.7 Å². The molecular weight excluding hydrogens is 278 g/mol. The van der Waals surface area contributed by atoms with Gasteiger partial charge in [0.25, 0.3) is 0 Å². The smallest absolute Gasteiger partial charge is 0.234 e. The molecule has 0 aromatic carbocycles. The van der Waals surface area contributed by atoms with Gasteiger partial charge in [-0.05, 0) is 58.2 Å². The van der Waals surface area contributed by atoms with Gasteiger partial charge in [0.2, 0.25) is 5.91 Å². The molecule has 1 amide bonds. The van der Waals surface area contributed by atoms with E-state index in [1.807, 2.05) is 13.8 Å². The molecule has 0 saturated carbocycles. The number of carbonyl (C=O) groups is 2. The lowest BCUT2D eigenvalue weighted by Gasteiger charge is -2.37. The number of piperidine rings is 1. The van der Waals surface area contributed by atoms with Crippen LogP contribution in [0.4, 0.5) is 0 Å². The number of nitrogens with zero attached hydrogens (tertiary/aromatic N) is 2. The molecule has 2 rings (SSSR count). The van der Waals surface area contributed by atoms with Crippen molar-refractivity contribution in [1.29, 1.82) is 0 Å². The second-order valence-electron chi connectivity index (χ2n) is 7.17. The number of nitrogens with one attached hydrogen (secondary N) is 1. The summed E-state index contributed by atoms with van der Waals surface area (Å²) in [6, 6.07) is 0.254. The second kappa shape index (κ2) is 8.06. The van der Waals surface area contributed by atoms with Crippen molar-refractivity contribution in [2.75, 3.05) is 32.7 Å². The summed E-state index contributed by atoms with van der Waals surface area (Å²) in [6.07, 6.45) is 5.03. The Kier molecular flexibility index (Phi) is 6.38. The maximum atomic E-state index is 12.2. The van der Waals surface area contributed by atoms with Crippen LogP contribution in [0.5, 0.6) is 0 Å². The Morgan fingerprint density at radius 2 is 1.82 bits per heavy atom. The van der Waals surface area contributed by atoms with Crippen LogP contribution in [-0.4, -0.2) is 66.3 Å². The summed E-state index contributed by atoms with van der Waals surface area (Å²) in [4.78, 5) is 28.7. The second-order valence-corrected chi connectivity index (χ2v) is 7.17. The number of carbonyl (C=O) groups excluding carboxylic acids is 2. The van der Waals surface area contributed by atoms with Crippen molar-refractivity contribution in [2.24, 2.45) is 5.92 Å². The first-order valence-corrected chi connectivity index (χ1v) is 8.73. The molecule has 2 aliphatic rings. The number of amides is 1. The molecule has 22 heavy (non-hydrogen) atoms. The van der Waals surface area contributed by atoms with Crippen molar-refractivity contribution in [3.8, 4) is 0 Å². The third-order valence-corrected chi connectivity index (χ3v) is 4.93. The lowest BCUT2D eigenvalue weighted by atomic mass is 10.0. The maximum Gasteiger partial charge on any atom is 0.234 e. The summed E-state index contributed by atoms with van der Waals surface area (Å²) in [5.74, 6) is 0.160. The van der Waals surface area contributed by atoms with E-state index in [1.165, 1.54) is 32.4 Å². The molecule has 2 fully saturated rings. The van der Waals surface area contributed by atoms with Crippen LogP contribution in [0.25, 0.3) is 0 Å². The van der Waals surface area contributed by atoms with Gasteiger partial charge in [-0.25, -0.2) is 0 Å². The fraction of sp³-hybridized carbons (Fsp3) is 0.882. The van der Waals surface area contributed by atoms with Gasteiger partial charge < -0.3 is 5.32 Å². The molecule has 2 heterocycles. The maximum absolute atomic E-state index is 12.2. The molecule has 126 valence electrons. The van der Waals surface area contributed by atoms with E-state index < -0.39 is 0 Å². The van der Waals surface area contributed by atoms with Crippen LogP contribution in [0.15, 0.2) is 0 Å². The number of hydrogen-bond donors (Lipinski definition) is 1. The molecule has 2 atom stereocenters. The summed E-state index contributed by atoms with van der Waals surface area (Å²) >= 11 is 0. The van der Waals surface area contributed by atoms with Gasteiger partial charge in [-0.2, -0.15) is 0 Å². The van der Waals surface area contributed by atoms with Crippen molar-refractivity contribution in [1.82, 2.24) is 15.1 Å². The van der Waals surface area contributed by atoms with Crippen molar-refractivity contribution < 1.29 is 9.59 Å². The minimum atomic E-state index is -0.355. The average Bonchev–Trinajstić information content (AvgIpc) is 2.98. The van der Waals surface area contributed by atoms with Crippen LogP contribution in [0, 0.1) is 5.92 Å². The number of ketones is 1. The van der Waals surface area contributed by atoms with Crippen LogP contribution < -0.4 is 5.32 Å². The Bertz CT molecular complexity index is 391. The molecule has 1 N–H and O–H groups in total. The van der Waals surface area contributed by atoms with E-state index in [0.717, 1.165) is 19.5 Å². The molecule has 0 spiro atoms. The molecule has 2 aliphatic heterocycles. The molecular formula is C17H31N3O2. The standard InChI is InChI=1S/C17H31N3O2/c1-13(2)17(14(3)21)18-16(22)12-19-8-6-7-15(11-19)20-9-4-5-10-20/h13,15,17H,4-12H2,1-3H3,(H,18,22)/t15-,17-/m0/s1. The highest BCUT2D eigenvalue weighted by Crippen LogP contribution is 2.20. The Balaban J connectivity index is 1.81. The molecule has 5 heteroatoms. The molecule has 0 bridgehead atoms. The number of rotatable bonds is 6. The zero-order valence-electron chi connectivity index (χ0n) is 14.3. The first-order valence-electron chi connectivity index (χ1n) is 8.73. The zero-order valence-corrected chi connectivity index (χ0v) is 14.3. The highest BCUT2D eigenvalue weighted by Gasteiger charge is 2.28. The van der Waals surface area contributed by atoms with E-state index in [-0.39, 0.29) is 23.7 Å². The van der Waals surface area contributed by atoms with E-state index in [4.69, 9.17) is 0 Å². The summed E-state index contributed by atoms with van der Waals surface area (Å²) in [5, 5.41) is 2.90. The van der Waals surface area contributed by atoms with Gasteiger partial charge in [0.15, 0.2) is 5.78 Å². The van der Waals surface area contributed by atoms with E-state index in [9.17, 15) is 9.59 Å². The molecule has 5 nitrogen and oxygen atoms in total. The third-order valence-electron chi connectivity index (χ3n) is 4.93. The fourth-order valence-electron chi connectivity index (χ4n) is 3.74. The molecule has 2 saturated heterocycles. The molecule has 0 unspecified atom stereocenters. The van der Waals surface area contributed by atoms with Gasteiger partial charge in [-0.3, -0.25) is 19.4 Å². The average molecular weight is 309 g/mol. The first kappa shape index (κ1) is 17.4. The van der Waals surface area contributed by atoms with Crippen molar-refractivity contribution in [3.63, 3.8) is 0 Å². The Hall–Kier alpha value is -0.940. The largest absolute Gasteiger partial charge is 0.345 e. The van der Waals surface area contributed by atoms with Gasteiger partial charge in [0, 0.05) is 12.6 Å². The molecule has 0 aromatic heterocycles.